The van der Waals surface area contributed by atoms with Crippen LogP contribution in [0.15, 0.2) is 36.4 Å². The Bertz CT molecular complexity index is 807. The van der Waals surface area contributed by atoms with Gasteiger partial charge in [0.15, 0.2) is 5.82 Å². The van der Waals surface area contributed by atoms with Gasteiger partial charge in [-0.3, -0.25) is 0 Å². The van der Waals surface area contributed by atoms with Crippen LogP contribution in [-0.2, 0) is 4.74 Å². The Labute approximate surface area is 165 Å². The average Bonchev–Trinajstić information content (AvgIpc) is 2.60. The van der Waals surface area contributed by atoms with Crippen molar-refractivity contribution in [3.8, 4) is 11.4 Å². The maximum absolute atomic E-state index is 12.4. The lowest BCUT2D eigenvalue weighted by molar-refractivity contribution is 0.0158. The van der Waals surface area contributed by atoms with Crippen molar-refractivity contribution in [1.82, 2.24) is 14.9 Å². The van der Waals surface area contributed by atoms with E-state index in [4.69, 9.17) is 16.3 Å². The first kappa shape index (κ1) is 19.4. The molecule has 1 aliphatic heterocycles. The summed E-state index contributed by atoms with van der Waals surface area (Å²) in [6, 6.07) is 11.5. The molecule has 0 N–H and O–H groups in total. The molecule has 7 heteroatoms. The van der Waals surface area contributed by atoms with Crippen molar-refractivity contribution in [3.63, 3.8) is 0 Å². The van der Waals surface area contributed by atoms with Crippen molar-refractivity contribution in [2.45, 2.75) is 39.3 Å². The van der Waals surface area contributed by atoms with E-state index in [-0.39, 0.29) is 12.1 Å². The second-order valence-electron chi connectivity index (χ2n) is 7.71. The van der Waals surface area contributed by atoms with E-state index >= 15 is 0 Å². The average molecular weight is 389 g/mol. The number of halogens is 1. The molecule has 0 unspecified atom stereocenters. The molecule has 0 aliphatic carbocycles. The Morgan fingerprint density at radius 3 is 2.52 bits per heavy atom. The minimum atomic E-state index is -0.501. The number of rotatable bonds is 2. The van der Waals surface area contributed by atoms with Gasteiger partial charge in [0.25, 0.3) is 0 Å². The van der Waals surface area contributed by atoms with E-state index in [1.807, 2.05) is 58.0 Å². The summed E-state index contributed by atoms with van der Waals surface area (Å²) >= 11 is 6.24. The lowest BCUT2D eigenvalue weighted by Crippen LogP contribution is -2.55. The van der Waals surface area contributed by atoms with Gasteiger partial charge in [-0.1, -0.05) is 41.9 Å². The van der Waals surface area contributed by atoms with Gasteiger partial charge in [-0.05, 0) is 27.7 Å². The SMILES string of the molecule is C[C@@H]1CN(c2cc(Cl)nc(-c3ccccc3)n2)CCN1C(=O)OC(C)(C)C. The van der Waals surface area contributed by atoms with Gasteiger partial charge in [-0.25, -0.2) is 14.8 Å². The van der Waals surface area contributed by atoms with Crippen LogP contribution in [0, 0.1) is 0 Å². The smallest absolute Gasteiger partial charge is 0.410 e. The highest BCUT2D eigenvalue weighted by Crippen LogP contribution is 2.25. The summed E-state index contributed by atoms with van der Waals surface area (Å²) in [6.45, 7) is 9.51. The molecule has 0 bridgehead atoms. The molecule has 1 amide bonds. The molecular formula is C20H25ClN4O2. The third-order valence-electron chi connectivity index (χ3n) is 4.29. The zero-order valence-corrected chi connectivity index (χ0v) is 16.9. The lowest BCUT2D eigenvalue weighted by Gasteiger charge is -2.40. The Kier molecular flexibility index (Phi) is 5.56. The topological polar surface area (TPSA) is 58.6 Å². The Balaban J connectivity index is 1.76. The normalized spacial score (nSPS) is 17.7. The van der Waals surface area contributed by atoms with Gasteiger partial charge in [-0.15, -0.1) is 0 Å². The van der Waals surface area contributed by atoms with Gasteiger partial charge >= 0.3 is 6.09 Å². The van der Waals surface area contributed by atoms with Crippen LogP contribution in [0.5, 0.6) is 0 Å². The van der Waals surface area contributed by atoms with E-state index in [0.29, 0.717) is 30.6 Å². The van der Waals surface area contributed by atoms with E-state index in [1.165, 1.54) is 0 Å². The van der Waals surface area contributed by atoms with Gasteiger partial charge in [0.1, 0.15) is 16.6 Å². The standard InChI is InChI=1S/C20H25ClN4O2/c1-14-13-24(10-11-25(14)19(26)27-20(2,3)4)17-12-16(21)22-18(23-17)15-8-6-5-7-9-15/h5-9,12,14H,10-11,13H2,1-4H3/t14-/m1/s1. The van der Waals surface area contributed by atoms with Gasteiger partial charge in [-0.2, -0.15) is 0 Å². The molecule has 27 heavy (non-hydrogen) atoms. The number of amides is 1. The number of piperazine rings is 1. The number of hydrogen-bond donors (Lipinski definition) is 0. The number of ether oxygens (including phenoxy) is 1. The number of carbonyl (C=O) groups excluding carboxylic acids is 1. The van der Waals surface area contributed by atoms with Crippen molar-refractivity contribution in [1.29, 1.82) is 0 Å². The summed E-state index contributed by atoms with van der Waals surface area (Å²) in [5.41, 5.74) is 0.417. The number of aromatic nitrogens is 2. The number of carbonyl (C=O) groups is 1. The molecule has 0 saturated carbocycles. The number of anilines is 1. The number of nitrogens with zero attached hydrogens (tertiary/aromatic N) is 4. The van der Waals surface area contributed by atoms with Crippen LogP contribution in [0.2, 0.25) is 5.15 Å². The highest BCUT2D eigenvalue weighted by Gasteiger charge is 2.31. The maximum Gasteiger partial charge on any atom is 0.410 e. The summed E-state index contributed by atoms with van der Waals surface area (Å²) in [7, 11) is 0. The van der Waals surface area contributed by atoms with Crippen LogP contribution in [0.3, 0.4) is 0 Å². The summed E-state index contributed by atoms with van der Waals surface area (Å²) in [5, 5.41) is 0.404. The highest BCUT2D eigenvalue weighted by molar-refractivity contribution is 6.29. The number of benzene rings is 1. The molecule has 0 spiro atoms. The third kappa shape index (κ3) is 4.89. The molecular weight excluding hydrogens is 364 g/mol. The minimum absolute atomic E-state index is 0.00233. The molecule has 6 nitrogen and oxygen atoms in total. The predicted molar refractivity (Wildman–Crippen MR) is 107 cm³/mol. The second-order valence-corrected chi connectivity index (χ2v) is 8.09. The van der Waals surface area contributed by atoms with Crippen LogP contribution in [0.1, 0.15) is 27.7 Å². The maximum atomic E-state index is 12.4. The summed E-state index contributed by atoms with van der Waals surface area (Å²) in [5.74, 6) is 1.37. The van der Waals surface area contributed by atoms with Crippen LogP contribution in [0.4, 0.5) is 10.6 Å². The monoisotopic (exact) mass is 388 g/mol. The third-order valence-corrected chi connectivity index (χ3v) is 4.49. The molecule has 2 aromatic rings. The molecule has 1 fully saturated rings. The number of hydrogen-bond acceptors (Lipinski definition) is 5. The van der Waals surface area contributed by atoms with Crippen LogP contribution in [-0.4, -0.2) is 52.2 Å². The molecule has 1 atom stereocenters. The Hall–Kier alpha value is -2.34. The van der Waals surface area contributed by atoms with E-state index in [1.54, 1.807) is 11.0 Å². The molecule has 1 aromatic heterocycles. The fourth-order valence-electron chi connectivity index (χ4n) is 3.04. The molecule has 0 radical (unpaired) electrons. The fraction of sp³-hybridized carbons (Fsp3) is 0.450. The van der Waals surface area contributed by atoms with Crippen molar-refractivity contribution in [3.05, 3.63) is 41.6 Å². The van der Waals surface area contributed by atoms with Crippen LogP contribution < -0.4 is 4.90 Å². The summed E-state index contributed by atoms with van der Waals surface area (Å²) in [6.07, 6.45) is -0.277. The minimum Gasteiger partial charge on any atom is -0.444 e. The molecule has 2 heterocycles. The zero-order chi connectivity index (χ0) is 19.6. The highest BCUT2D eigenvalue weighted by atomic mass is 35.5. The molecule has 1 aliphatic rings. The van der Waals surface area contributed by atoms with E-state index in [2.05, 4.69) is 14.9 Å². The fourth-order valence-corrected chi connectivity index (χ4v) is 3.22. The Morgan fingerprint density at radius 1 is 1.19 bits per heavy atom. The molecule has 144 valence electrons. The van der Waals surface area contributed by atoms with Crippen molar-refractivity contribution >= 4 is 23.5 Å². The Morgan fingerprint density at radius 2 is 1.89 bits per heavy atom. The van der Waals surface area contributed by atoms with Gasteiger partial charge in [0.05, 0.1) is 0 Å². The molecule has 1 aromatic carbocycles. The van der Waals surface area contributed by atoms with Gasteiger partial charge in [0.2, 0.25) is 0 Å². The van der Waals surface area contributed by atoms with Crippen molar-refractivity contribution < 1.29 is 9.53 Å². The zero-order valence-electron chi connectivity index (χ0n) is 16.1. The van der Waals surface area contributed by atoms with Crippen molar-refractivity contribution in [2.24, 2.45) is 0 Å². The summed E-state index contributed by atoms with van der Waals surface area (Å²) in [4.78, 5) is 25.3. The first-order chi connectivity index (χ1) is 12.7. The van der Waals surface area contributed by atoms with Gasteiger partial charge < -0.3 is 14.5 Å². The van der Waals surface area contributed by atoms with Crippen LogP contribution >= 0.6 is 11.6 Å². The molecule has 1 saturated heterocycles. The van der Waals surface area contributed by atoms with E-state index in [9.17, 15) is 4.79 Å². The van der Waals surface area contributed by atoms with Crippen LogP contribution in [0.25, 0.3) is 11.4 Å². The first-order valence-corrected chi connectivity index (χ1v) is 9.45. The largest absolute Gasteiger partial charge is 0.444 e. The predicted octanol–water partition coefficient (Wildman–Crippen LogP) is 4.24. The lowest BCUT2D eigenvalue weighted by atomic mass is 10.2. The van der Waals surface area contributed by atoms with Gasteiger partial charge in [0, 0.05) is 37.3 Å². The van der Waals surface area contributed by atoms with E-state index < -0.39 is 5.60 Å². The first-order valence-electron chi connectivity index (χ1n) is 9.07. The quantitative estimate of drug-likeness (QED) is 0.720. The van der Waals surface area contributed by atoms with Crippen molar-refractivity contribution in [2.75, 3.05) is 24.5 Å². The summed E-state index contributed by atoms with van der Waals surface area (Å²) < 4.78 is 5.51. The molecule has 3 rings (SSSR count). The van der Waals surface area contributed by atoms with E-state index in [0.717, 1.165) is 11.4 Å². The second kappa shape index (κ2) is 7.72.